The highest BCUT2D eigenvalue weighted by Crippen LogP contribution is 2.25. The molecule has 2 rings (SSSR count). The zero-order valence-corrected chi connectivity index (χ0v) is 13.1. The third-order valence-electron chi connectivity index (χ3n) is 4.03. The molecule has 2 N–H and O–H groups in total. The molecule has 0 amide bonds. The smallest absolute Gasteiger partial charge is 0.243 e. The van der Waals surface area contributed by atoms with Crippen LogP contribution in [0.3, 0.4) is 0 Å². The van der Waals surface area contributed by atoms with Crippen molar-refractivity contribution in [3.05, 3.63) is 29.8 Å². The highest BCUT2D eigenvalue weighted by Gasteiger charge is 2.33. The molecule has 4 nitrogen and oxygen atoms in total. The van der Waals surface area contributed by atoms with E-state index in [4.69, 9.17) is 5.73 Å². The van der Waals surface area contributed by atoms with Crippen molar-refractivity contribution >= 4 is 10.0 Å². The van der Waals surface area contributed by atoms with Crippen molar-refractivity contribution in [1.29, 1.82) is 0 Å². The summed E-state index contributed by atoms with van der Waals surface area (Å²) in [4.78, 5) is 0.391. The minimum absolute atomic E-state index is 0.0436. The Hall–Kier alpha value is -0.910. The number of hydrogen-bond acceptors (Lipinski definition) is 3. The molecule has 0 radical (unpaired) electrons. The van der Waals surface area contributed by atoms with E-state index in [0.29, 0.717) is 18.0 Å². The minimum Gasteiger partial charge on any atom is -0.328 e. The molecule has 0 bridgehead atoms. The van der Waals surface area contributed by atoms with Gasteiger partial charge in [-0.1, -0.05) is 25.5 Å². The number of nitrogens with two attached hydrogens (primary N) is 1. The van der Waals surface area contributed by atoms with Gasteiger partial charge in [0, 0.05) is 19.1 Å². The van der Waals surface area contributed by atoms with E-state index in [1.165, 1.54) is 5.56 Å². The van der Waals surface area contributed by atoms with Gasteiger partial charge in [-0.15, -0.1) is 0 Å². The van der Waals surface area contributed by atoms with E-state index in [9.17, 15) is 8.42 Å². The molecule has 112 valence electrons. The van der Waals surface area contributed by atoms with Crippen LogP contribution in [0.25, 0.3) is 0 Å². The van der Waals surface area contributed by atoms with Crippen LogP contribution in [0.4, 0.5) is 0 Å². The molecule has 5 heteroatoms. The molecule has 0 aliphatic carbocycles. The van der Waals surface area contributed by atoms with Crippen LogP contribution in [0.15, 0.2) is 29.2 Å². The van der Waals surface area contributed by atoms with Crippen LogP contribution in [0, 0.1) is 5.92 Å². The fourth-order valence-electron chi connectivity index (χ4n) is 2.67. The molecule has 0 spiro atoms. The van der Waals surface area contributed by atoms with Crippen molar-refractivity contribution in [3.8, 4) is 0 Å². The summed E-state index contributed by atoms with van der Waals surface area (Å²) in [6.45, 7) is 5.17. The van der Waals surface area contributed by atoms with Gasteiger partial charge in [0.05, 0.1) is 4.90 Å². The van der Waals surface area contributed by atoms with E-state index in [-0.39, 0.29) is 12.0 Å². The van der Waals surface area contributed by atoms with Crippen molar-refractivity contribution < 1.29 is 8.42 Å². The average Bonchev–Trinajstić information content (AvgIpc) is 2.90. The normalized spacial score (nSPS) is 22.1. The SMILES string of the molecule is CCCc1ccc(S(=O)(=O)N2CCC(C(C)N)C2)cc1. The van der Waals surface area contributed by atoms with E-state index in [1.807, 2.05) is 19.1 Å². The second-order valence-corrected chi connectivity index (χ2v) is 7.60. The zero-order valence-electron chi connectivity index (χ0n) is 12.2. The summed E-state index contributed by atoms with van der Waals surface area (Å²) < 4.78 is 26.7. The first kappa shape index (κ1) is 15.5. The number of benzene rings is 1. The van der Waals surface area contributed by atoms with Crippen LogP contribution in [0.2, 0.25) is 0 Å². The van der Waals surface area contributed by atoms with E-state index >= 15 is 0 Å². The molecule has 2 atom stereocenters. The number of rotatable bonds is 5. The van der Waals surface area contributed by atoms with Gasteiger partial charge in [0.15, 0.2) is 0 Å². The Balaban J connectivity index is 2.14. The van der Waals surface area contributed by atoms with Crippen molar-refractivity contribution in [3.63, 3.8) is 0 Å². The fraction of sp³-hybridized carbons (Fsp3) is 0.600. The third-order valence-corrected chi connectivity index (χ3v) is 5.91. The maximum absolute atomic E-state index is 12.6. The molecular weight excluding hydrogens is 272 g/mol. The van der Waals surface area contributed by atoms with Gasteiger partial charge < -0.3 is 5.73 Å². The summed E-state index contributed by atoms with van der Waals surface area (Å²) >= 11 is 0. The molecule has 1 aliphatic heterocycles. The molecular formula is C15H24N2O2S. The van der Waals surface area contributed by atoms with E-state index in [1.54, 1.807) is 16.4 Å². The monoisotopic (exact) mass is 296 g/mol. The zero-order chi connectivity index (χ0) is 14.8. The van der Waals surface area contributed by atoms with Gasteiger partial charge in [-0.2, -0.15) is 4.31 Å². The lowest BCUT2D eigenvalue weighted by molar-refractivity contribution is 0.429. The van der Waals surface area contributed by atoms with E-state index in [0.717, 1.165) is 19.3 Å². The van der Waals surface area contributed by atoms with Crippen LogP contribution in [-0.4, -0.2) is 31.9 Å². The van der Waals surface area contributed by atoms with Crippen molar-refractivity contribution in [2.24, 2.45) is 11.7 Å². The predicted octanol–water partition coefficient (Wildman–Crippen LogP) is 2.00. The van der Waals surface area contributed by atoms with Gasteiger partial charge >= 0.3 is 0 Å². The Labute approximate surface area is 122 Å². The third kappa shape index (κ3) is 3.22. The first-order valence-corrected chi connectivity index (χ1v) is 8.74. The molecule has 20 heavy (non-hydrogen) atoms. The molecule has 1 saturated heterocycles. The number of hydrogen-bond donors (Lipinski definition) is 1. The second kappa shape index (κ2) is 6.24. The quantitative estimate of drug-likeness (QED) is 0.904. The highest BCUT2D eigenvalue weighted by atomic mass is 32.2. The molecule has 1 aromatic rings. The van der Waals surface area contributed by atoms with Gasteiger partial charge in [-0.3, -0.25) is 0 Å². The molecule has 1 fully saturated rings. The summed E-state index contributed by atoms with van der Waals surface area (Å²) in [6.07, 6.45) is 2.90. The maximum Gasteiger partial charge on any atom is 0.243 e. The van der Waals surface area contributed by atoms with Crippen LogP contribution in [0.5, 0.6) is 0 Å². The van der Waals surface area contributed by atoms with E-state index in [2.05, 4.69) is 6.92 Å². The lowest BCUT2D eigenvalue weighted by Crippen LogP contribution is -2.33. The minimum atomic E-state index is -3.36. The Morgan fingerprint density at radius 1 is 1.35 bits per heavy atom. The lowest BCUT2D eigenvalue weighted by atomic mass is 10.0. The summed E-state index contributed by atoms with van der Waals surface area (Å²) in [5.74, 6) is 0.268. The van der Waals surface area contributed by atoms with Gasteiger partial charge in [0.25, 0.3) is 0 Å². The van der Waals surface area contributed by atoms with Gasteiger partial charge in [0.2, 0.25) is 10.0 Å². The highest BCUT2D eigenvalue weighted by molar-refractivity contribution is 7.89. The molecule has 1 aromatic carbocycles. The Bertz CT molecular complexity index is 537. The summed E-state index contributed by atoms with van der Waals surface area (Å²) in [5.41, 5.74) is 7.06. The summed E-state index contributed by atoms with van der Waals surface area (Å²) in [6, 6.07) is 7.31. The Morgan fingerprint density at radius 2 is 2.00 bits per heavy atom. The first-order chi connectivity index (χ1) is 9.45. The van der Waals surface area contributed by atoms with Crippen molar-refractivity contribution in [2.75, 3.05) is 13.1 Å². The molecule has 1 aliphatic rings. The van der Waals surface area contributed by atoms with Crippen LogP contribution >= 0.6 is 0 Å². The topological polar surface area (TPSA) is 63.4 Å². The predicted molar refractivity (Wildman–Crippen MR) is 81.0 cm³/mol. The fourth-order valence-corrected chi connectivity index (χ4v) is 4.18. The molecule has 2 unspecified atom stereocenters. The molecule has 0 saturated carbocycles. The van der Waals surface area contributed by atoms with E-state index < -0.39 is 10.0 Å². The molecule has 0 aromatic heterocycles. The summed E-state index contributed by atoms with van der Waals surface area (Å²) in [5, 5.41) is 0. The average molecular weight is 296 g/mol. The number of sulfonamides is 1. The molecule has 1 heterocycles. The number of aryl methyl sites for hydroxylation is 1. The van der Waals surface area contributed by atoms with Crippen LogP contribution in [-0.2, 0) is 16.4 Å². The lowest BCUT2D eigenvalue weighted by Gasteiger charge is -2.18. The number of nitrogens with zero attached hydrogens (tertiary/aromatic N) is 1. The van der Waals surface area contributed by atoms with Gasteiger partial charge in [-0.05, 0) is 43.4 Å². The second-order valence-electron chi connectivity index (χ2n) is 5.66. The first-order valence-electron chi connectivity index (χ1n) is 7.30. The maximum atomic E-state index is 12.6. The standard InChI is InChI=1S/C15H24N2O2S/c1-3-4-13-5-7-15(8-6-13)20(18,19)17-10-9-14(11-17)12(2)16/h5-8,12,14H,3-4,9-11,16H2,1-2H3. The van der Waals surface area contributed by atoms with Crippen LogP contribution in [0.1, 0.15) is 32.3 Å². The van der Waals surface area contributed by atoms with Gasteiger partial charge in [-0.25, -0.2) is 8.42 Å². The Morgan fingerprint density at radius 3 is 2.50 bits per heavy atom. The van der Waals surface area contributed by atoms with Crippen molar-refractivity contribution in [2.45, 2.75) is 44.0 Å². The van der Waals surface area contributed by atoms with Crippen molar-refractivity contribution in [1.82, 2.24) is 4.31 Å². The summed E-state index contributed by atoms with van der Waals surface area (Å²) in [7, 11) is -3.36. The van der Waals surface area contributed by atoms with Crippen LogP contribution < -0.4 is 5.73 Å². The largest absolute Gasteiger partial charge is 0.328 e. The van der Waals surface area contributed by atoms with Gasteiger partial charge in [0.1, 0.15) is 0 Å². The Kier molecular flexibility index (Phi) is 4.83.